The molecule has 0 aliphatic carbocycles. The predicted molar refractivity (Wildman–Crippen MR) is 126 cm³/mol. The minimum absolute atomic E-state index is 0.0373. The molecular weight excluding hydrogens is 474 g/mol. The van der Waals surface area contributed by atoms with Gasteiger partial charge in [-0.1, -0.05) is 29.3 Å². The van der Waals surface area contributed by atoms with Gasteiger partial charge in [0.1, 0.15) is 0 Å². The van der Waals surface area contributed by atoms with Gasteiger partial charge in [-0.25, -0.2) is 16.8 Å². The average molecular weight is 494 g/mol. The summed E-state index contributed by atoms with van der Waals surface area (Å²) in [5, 5.41) is 2.70. The van der Waals surface area contributed by atoms with Crippen LogP contribution in [0, 0.1) is 6.92 Å². The van der Waals surface area contributed by atoms with Crippen LogP contribution < -0.4 is 14.8 Å². The van der Waals surface area contributed by atoms with Crippen LogP contribution in [0.1, 0.15) is 15.9 Å². The number of hydrogen-bond donors (Lipinski definition) is 3. The highest BCUT2D eigenvalue weighted by atomic mass is 35.5. The first-order chi connectivity index (χ1) is 14.9. The Morgan fingerprint density at radius 2 is 1.41 bits per heavy atom. The van der Waals surface area contributed by atoms with Crippen molar-refractivity contribution >= 4 is 54.6 Å². The molecule has 3 N–H and O–H groups in total. The summed E-state index contributed by atoms with van der Waals surface area (Å²) in [7, 11) is -7.29. The molecule has 3 rings (SSSR count). The van der Waals surface area contributed by atoms with E-state index in [0.717, 1.165) is 11.8 Å². The summed E-state index contributed by atoms with van der Waals surface area (Å²) in [6.45, 7) is 1.90. The first-order valence-corrected chi connectivity index (χ1v) is 13.0. The van der Waals surface area contributed by atoms with Gasteiger partial charge in [0.2, 0.25) is 10.0 Å². The molecular formula is C21H20ClN3O5S2. The molecule has 168 valence electrons. The molecule has 0 atom stereocenters. The third kappa shape index (κ3) is 6.22. The molecule has 0 aliphatic rings. The Labute approximate surface area is 191 Å². The van der Waals surface area contributed by atoms with Crippen molar-refractivity contribution in [2.75, 3.05) is 21.0 Å². The zero-order valence-corrected chi connectivity index (χ0v) is 19.5. The number of amides is 1. The molecule has 1 amide bonds. The number of halogens is 1. The van der Waals surface area contributed by atoms with Crippen molar-refractivity contribution in [2.45, 2.75) is 11.8 Å². The molecule has 11 heteroatoms. The van der Waals surface area contributed by atoms with Crippen molar-refractivity contribution in [1.82, 2.24) is 0 Å². The number of aryl methyl sites for hydroxylation is 1. The number of nitrogens with one attached hydrogen (secondary N) is 3. The van der Waals surface area contributed by atoms with Gasteiger partial charge in [-0.3, -0.25) is 14.2 Å². The molecule has 0 heterocycles. The van der Waals surface area contributed by atoms with E-state index in [1.807, 2.05) is 6.92 Å². The molecule has 0 fully saturated rings. The number of benzene rings is 3. The summed E-state index contributed by atoms with van der Waals surface area (Å²) in [5.41, 5.74) is 2.18. The maximum absolute atomic E-state index is 12.5. The van der Waals surface area contributed by atoms with Crippen LogP contribution in [-0.4, -0.2) is 29.0 Å². The predicted octanol–water partition coefficient (Wildman–Crippen LogP) is 4.07. The smallest absolute Gasteiger partial charge is 0.261 e. The highest BCUT2D eigenvalue weighted by Crippen LogP contribution is 2.25. The van der Waals surface area contributed by atoms with E-state index in [-0.39, 0.29) is 21.2 Å². The second-order valence-corrected chi connectivity index (χ2v) is 10.9. The molecule has 32 heavy (non-hydrogen) atoms. The molecule has 0 bridgehead atoms. The summed E-state index contributed by atoms with van der Waals surface area (Å²) in [5.74, 6) is -0.494. The molecule has 0 unspecified atom stereocenters. The summed E-state index contributed by atoms with van der Waals surface area (Å²) < 4.78 is 52.5. The summed E-state index contributed by atoms with van der Waals surface area (Å²) in [6.07, 6.45) is 0.990. The molecule has 0 saturated carbocycles. The number of carbonyl (C=O) groups excluding carboxylic acids is 1. The van der Waals surface area contributed by atoms with E-state index in [0.29, 0.717) is 11.4 Å². The fraction of sp³-hybridized carbons (Fsp3) is 0.0952. The minimum atomic E-state index is -3.79. The number of hydrogen-bond acceptors (Lipinski definition) is 5. The van der Waals surface area contributed by atoms with Crippen LogP contribution in [0.25, 0.3) is 0 Å². The van der Waals surface area contributed by atoms with Gasteiger partial charge in [-0.15, -0.1) is 0 Å². The van der Waals surface area contributed by atoms with Gasteiger partial charge in [-0.05, 0) is 61.5 Å². The zero-order valence-electron chi connectivity index (χ0n) is 17.1. The molecule has 0 saturated heterocycles. The summed E-state index contributed by atoms with van der Waals surface area (Å²) in [4.78, 5) is 12.5. The third-order valence-corrected chi connectivity index (χ3v) is 6.55. The fourth-order valence-corrected chi connectivity index (χ4v) is 4.62. The number of rotatable bonds is 7. The van der Waals surface area contributed by atoms with E-state index >= 15 is 0 Å². The molecule has 3 aromatic carbocycles. The van der Waals surface area contributed by atoms with Crippen LogP contribution in [0.3, 0.4) is 0 Å². The first kappa shape index (κ1) is 23.6. The van der Waals surface area contributed by atoms with Gasteiger partial charge in [-0.2, -0.15) is 0 Å². The molecule has 0 aromatic heterocycles. The number of anilines is 3. The molecule has 0 aliphatic heterocycles. The van der Waals surface area contributed by atoms with Crippen molar-refractivity contribution in [3.63, 3.8) is 0 Å². The van der Waals surface area contributed by atoms with Gasteiger partial charge in [0.05, 0.1) is 21.9 Å². The third-order valence-electron chi connectivity index (χ3n) is 4.25. The standard InChI is InChI=1S/C21H20ClN3O5S2/c1-14-3-6-17(7-4-14)24-32(29,30)18-10-8-16(9-11-18)23-21(26)15-5-12-20(19(22)13-15)25-31(2,27)28/h3-13,24-25H,1-2H3,(H,23,26). The topological polar surface area (TPSA) is 121 Å². The van der Waals surface area contributed by atoms with Crippen molar-refractivity contribution in [2.24, 2.45) is 0 Å². The Bertz CT molecular complexity index is 1360. The van der Waals surface area contributed by atoms with E-state index < -0.39 is 26.0 Å². The highest BCUT2D eigenvalue weighted by molar-refractivity contribution is 7.92. The van der Waals surface area contributed by atoms with Gasteiger partial charge in [0.15, 0.2) is 0 Å². The van der Waals surface area contributed by atoms with Crippen LogP contribution in [0.2, 0.25) is 5.02 Å². The Kier molecular flexibility index (Phi) is 6.77. The molecule has 0 spiro atoms. The largest absolute Gasteiger partial charge is 0.322 e. The SMILES string of the molecule is Cc1ccc(NS(=O)(=O)c2ccc(NC(=O)c3ccc(NS(C)(=O)=O)c(Cl)c3)cc2)cc1. The van der Waals surface area contributed by atoms with Crippen molar-refractivity contribution in [3.8, 4) is 0 Å². The second kappa shape index (κ2) is 9.19. The summed E-state index contributed by atoms with van der Waals surface area (Å²) in [6, 6.07) is 16.7. The Morgan fingerprint density at radius 3 is 1.97 bits per heavy atom. The van der Waals surface area contributed by atoms with Gasteiger partial charge < -0.3 is 5.32 Å². The van der Waals surface area contributed by atoms with Gasteiger partial charge in [0, 0.05) is 16.9 Å². The maximum atomic E-state index is 12.5. The quantitative estimate of drug-likeness (QED) is 0.458. The highest BCUT2D eigenvalue weighted by Gasteiger charge is 2.15. The van der Waals surface area contributed by atoms with Crippen molar-refractivity contribution in [3.05, 3.63) is 82.9 Å². The van der Waals surface area contributed by atoms with Crippen LogP contribution in [0.5, 0.6) is 0 Å². The lowest BCUT2D eigenvalue weighted by Gasteiger charge is -2.11. The Hall–Kier alpha value is -3.08. The maximum Gasteiger partial charge on any atom is 0.261 e. The van der Waals surface area contributed by atoms with Gasteiger partial charge in [0.25, 0.3) is 15.9 Å². The number of carbonyl (C=O) groups is 1. The first-order valence-electron chi connectivity index (χ1n) is 9.21. The Morgan fingerprint density at radius 1 is 0.812 bits per heavy atom. The Balaban J connectivity index is 1.70. The van der Waals surface area contributed by atoms with E-state index in [2.05, 4.69) is 14.8 Å². The normalized spacial score (nSPS) is 11.6. The number of sulfonamides is 2. The van der Waals surface area contributed by atoms with Crippen LogP contribution in [0.4, 0.5) is 17.1 Å². The lowest BCUT2D eigenvalue weighted by atomic mass is 10.2. The second-order valence-electron chi connectivity index (χ2n) is 7.02. The van der Waals surface area contributed by atoms with Crippen LogP contribution >= 0.6 is 11.6 Å². The van der Waals surface area contributed by atoms with Crippen LogP contribution in [-0.2, 0) is 20.0 Å². The molecule has 3 aromatic rings. The fourth-order valence-electron chi connectivity index (χ4n) is 2.70. The van der Waals surface area contributed by atoms with E-state index in [9.17, 15) is 21.6 Å². The van der Waals surface area contributed by atoms with Crippen LogP contribution in [0.15, 0.2) is 71.6 Å². The monoisotopic (exact) mass is 493 g/mol. The lowest BCUT2D eigenvalue weighted by Crippen LogP contribution is -2.14. The lowest BCUT2D eigenvalue weighted by molar-refractivity contribution is 0.102. The van der Waals surface area contributed by atoms with Crippen molar-refractivity contribution in [1.29, 1.82) is 0 Å². The van der Waals surface area contributed by atoms with E-state index in [1.54, 1.807) is 24.3 Å². The minimum Gasteiger partial charge on any atom is -0.322 e. The van der Waals surface area contributed by atoms with Gasteiger partial charge >= 0.3 is 0 Å². The average Bonchev–Trinajstić information content (AvgIpc) is 2.70. The summed E-state index contributed by atoms with van der Waals surface area (Å²) >= 11 is 6.05. The van der Waals surface area contributed by atoms with Crippen molar-refractivity contribution < 1.29 is 21.6 Å². The van der Waals surface area contributed by atoms with E-state index in [1.165, 1.54) is 42.5 Å². The molecule has 0 radical (unpaired) electrons. The molecule has 8 nitrogen and oxygen atoms in total. The zero-order chi connectivity index (χ0) is 23.5. The van der Waals surface area contributed by atoms with E-state index in [4.69, 9.17) is 11.6 Å².